The zero-order chi connectivity index (χ0) is 27.4. The van der Waals surface area contributed by atoms with Crippen molar-refractivity contribution < 1.29 is 22.6 Å². The molecular weight excluding hydrogens is 543 g/mol. The molecule has 1 atom stereocenters. The van der Waals surface area contributed by atoms with Gasteiger partial charge in [0, 0.05) is 24.2 Å². The number of nitrogens with one attached hydrogen (secondary N) is 1. The molecule has 2 aromatic carbocycles. The molecule has 0 amide bonds. The van der Waals surface area contributed by atoms with E-state index in [0.29, 0.717) is 34.5 Å². The molecule has 7 nitrogen and oxygen atoms in total. The number of hydrogen-bond donors (Lipinski definition) is 2. The average Bonchev–Trinajstić information content (AvgIpc) is 3.42. The number of halogens is 4. The van der Waals surface area contributed by atoms with Crippen LogP contribution in [0.15, 0.2) is 60.7 Å². The number of aryl methyl sites for hydroxylation is 1. The minimum atomic E-state index is -2.77. The Labute approximate surface area is 236 Å². The van der Waals surface area contributed by atoms with Crippen LogP contribution in [0.3, 0.4) is 0 Å². The summed E-state index contributed by atoms with van der Waals surface area (Å²) in [5.74, 6) is 0.470. The first-order chi connectivity index (χ1) is 18.9. The summed E-state index contributed by atoms with van der Waals surface area (Å²) in [5.41, 5.74) is 8.70. The predicted octanol–water partition coefficient (Wildman–Crippen LogP) is 5.96. The second kappa shape index (κ2) is 13.0. The molecule has 0 aliphatic carbocycles. The molecule has 0 saturated carbocycles. The van der Waals surface area contributed by atoms with Crippen molar-refractivity contribution in [2.45, 2.75) is 32.3 Å². The summed E-state index contributed by atoms with van der Waals surface area (Å²) < 4.78 is 52.9. The zero-order valence-corrected chi connectivity index (χ0v) is 22.6. The van der Waals surface area contributed by atoms with Gasteiger partial charge >= 0.3 is 0 Å². The highest BCUT2D eigenvalue weighted by Gasteiger charge is 2.22. The molecule has 1 aliphatic rings. The Morgan fingerprint density at radius 1 is 1.00 bits per heavy atom. The monoisotopic (exact) mass is 571 g/mol. The third kappa shape index (κ3) is 7.00. The smallest absolute Gasteiger partial charge is 0.280 e. The van der Waals surface area contributed by atoms with Crippen molar-refractivity contribution in [3.63, 3.8) is 0 Å². The van der Waals surface area contributed by atoms with Gasteiger partial charge in [-0.05, 0) is 79.5 Å². The van der Waals surface area contributed by atoms with Gasteiger partial charge in [0.2, 0.25) is 11.8 Å². The molecule has 1 aliphatic heterocycles. The van der Waals surface area contributed by atoms with Gasteiger partial charge in [0.05, 0.1) is 17.9 Å². The second-order valence-corrected chi connectivity index (χ2v) is 9.32. The molecule has 11 heteroatoms. The highest BCUT2D eigenvalue weighted by atomic mass is 35.5. The minimum absolute atomic E-state index is 0. The van der Waals surface area contributed by atoms with Crippen molar-refractivity contribution in [2.24, 2.45) is 0 Å². The Hall–Kier alpha value is -3.89. The molecular formula is C29H29ClF3N5O2. The SMILES string of the molecule is Cc1cc(-c2c(OCCc3ccc(OC4CCNC4)cc3)nc(N)nc2-c2ccc(F)cc2)cc(C(F)F)n1.Cl. The number of rotatable bonds is 9. The number of nitrogens with zero attached hydrogens (tertiary/aromatic N) is 3. The number of ether oxygens (including phenoxy) is 2. The van der Waals surface area contributed by atoms with E-state index in [2.05, 4.69) is 20.3 Å². The Balaban J connectivity index is 0.00000370. The number of nitrogens with two attached hydrogens (primary N) is 1. The summed E-state index contributed by atoms with van der Waals surface area (Å²) in [6.45, 7) is 3.67. The van der Waals surface area contributed by atoms with Crippen LogP contribution in [0, 0.1) is 12.7 Å². The van der Waals surface area contributed by atoms with Gasteiger partial charge in [-0.3, -0.25) is 4.98 Å². The van der Waals surface area contributed by atoms with Crippen molar-refractivity contribution in [1.29, 1.82) is 0 Å². The number of anilines is 1. The normalized spacial score (nSPS) is 14.7. The van der Waals surface area contributed by atoms with Crippen molar-refractivity contribution in [3.05, 3.63) is 83.4 Å². The van der Waals surface area contributed by atoms with E-state index in [-0.39, 0.29) is 42.6 Å². The van der Waals surface area contributed by atoms with E-state index in [1.807, 2.05) is 24.3 Å². The van der Waals surface area contributed by atoms with Crippen molar-refractivity contribution >= 4 is 18.4 Å². The lowest BCUT2D eigenvalue weighted by Crippen LogP contribution is -2.19. The highest BCUT2D eigenvalue weighted by molar-refractivity contribution is 5.85. The Bertz CT molecular complexity index is 1430. The standard InChI is InChI=1S/C29H28F3N5O2.ClH/c1-17-14-20(15-24(35-17)27(31)32)25-26(19-4-6-21(30)7-5-19)36-29(33)37-28(25)38-13-11-18-2-8-22(9-3-18)39-23-10-12-34-16-23;/h2-9,14-15,23,27,34H,10-13,16H2,1H3,(H2,33,36,37);1H. The third-order valence-electron chi connectivity index (χ3n) is 6.37. The van der Waals surface area contributed by atoms with Gasteiger partial charge < -0.3 is 20.5 Å². The van der Waals surface area contributed by atoms with Gasteiger partial charge in [0.15, 0.2) is 0 Å². The zero-order valence-electron chi connectivity index (χ0n) is 21.7. The molecule has 0 spiro atoms. The lowest BCUT2D eigenvalue weighted by atomic mass is 9.99. The summed E-state index contributed by atoms with van der Waals surface area (Å²) in [4.78, 5) is 12.6. The number of nitrogen functional groups attached to an aromatic ring is 1. The Morgan fingerprint density at radius 3 is 2.42 bits per heavy atom. The van der Waals surface area contributed by atoms with Gasteiger partial charge in [0.25, 0.3) is 6.43 Å². The van der Waals surface area contributed by atoms with Gasteiger partial charge in [-0.2, -0.15) is 4.98 Å². The van der Waals surface area contributed by atoms with Crippen LogP contribution in [0.25, 0.3) is 22.4 Å². The summed E-state index contributed by atoms with van der Waals surface area (Å²) >= 11 is 0. The van der Waals surface area contributed by atoms with Crippen LogP contribution < -0.4 is 20.5 Å². The fraction of sp³-hybridized carbons (Fsp3) is 0.276. The van der Waals surface area contributed by atoms with Gasteiger partial charge in [-0.25, -0.2) is 18.2 Å². The fourth-order valence-electron chi connectivity index (χ4n) is 4.51. The Morgan fingerprint density at radius 2 is 1.75 bits per heavy atom. The molecule has 2 aromatic heterocycles. The highest BCUT2D eigenvalue weighted by Crippen LogP contribution is 2.39. The average molecular weight is 572 g/mol. The first-order valence-corrected chi connectivity index (χ1v) is 12.7. The molecule has 0 radical (unpaired) electrons. The van der Waals surface area contributed by atoms with Crippen LogP contribution >= 0.6 is 12.4 Å². The van der Waals surface area contributed by atoms with E-state index in [4.69, 9.17) is 15.2 Å². The summed E-state index contributed by atoms with van der Waals surface area (Å²) in [5, 5.41) is 3.28. The van der Waals surface area contributed by atoms with Gasteiger partial charge in [-0.1, -0.05) is 12.1 Å². The number of aromatic nitrogens is 3. The van der Waals surface area contributed by atoms with E-state index in [1.165, 1.54) is 30.3 Å². The molecule has 4 aromatic rings. The molecule has 5 rings (SSSR count). The second-order valence-electron chi connectivity index (χ2n) is 9.32. The number of pyridine rings is 1. The van der Waals surface area contributed by atoms with E-state index in [9.17, 15) is 13.2 Å². The number of benzene rings is 2. The maximum Gasteiger partial charge on any atom is 0.280 e. The molecule has 210 valence electrons. The van der Waals surface area contributed by atoms with Crippen molar-refractivity contribution in [1.82, 2.24) is 20.3 Å². The molecule has 1 saturated heterocycles. The van der Waals surface area contributed by atoms with E-state index >= 15 is 0 Å². The molecule has 0 bridgehead atoms. The van der Waals surface area contributed by atoms with Crippen molar-refractivity contribution in [2.75, 3.05) is 25.4 Å². The fourth-order valence-corrected chi connectivity index (χ4v) is 4.51. The number of alkyl halides is 2. The number of hydrogen-bond acceptors (Lipinski definition) is 7. The molecule has 3 heterocycles. The minimum Gasteiger partial charge on any atom is -0.489 e. The predicted molar refractivity (Wildman–Crippen MR) is 150 cm³/mol. The molecule has 1 unspecified atom stereocenters. The van der Waals surface area contributed by atoms with Gasteiger partial charge in [-0.15, -0.1) is 12.4 Å². The maximum atomic E-state index is 13.6. The topological polar surface area (TPSA) is 95.2 Å². The van der Waals surface area contributed by atoms with Crippen LogP contribution in [-0.2, 0) is 6.42 Å². The van der Waals surface area contributed by atoms with Crippen LogP contribution in [-0.4, -0.2) is 40.8 Å². The summed E-state index contributed by atoms with van der Waals surface area (Å²) in [6.07, 6.45) is -1.05. The maximum absolute atomic E-state index is 13.6. The lowest BCUT2D eigenvalue weighted by Gasteiger charge is -2.17. The Kier molecular flexibility index (Phi) is 9.44. The van der Waals surface area contributed by atoms with Crippen LogP contribution in [0.2, 0.25) is 0 Å². The summed E-state index contributed by atoms with van der Waals surface area (Å²) in [7, 11) is 0. The summed E-state index contributed by atoms with van der Waals surface area (Å²) in [6, 6.07) is 16.4. The third-order valence-corrected chi connectivity index (χ3v) is 6.37. The van der Waals surface area contributed by atoms with Gasteiger partial charge in [0.1, 0.15) is 23.4 Å². The van der Waals surface area contributed by atoms with E-state index < -0.39 is 12.2 Å². The van der Waals surface area contributed by atoms with Crippen LogP contribution in [0.5, 0.6) is 11.6 Å². The van der Waals surface area contributed by atoms with E-state index in [0.717, 1.165) is 30.8 Å². The molecule has 3 N–H and O–H groups in total. The first kappa shape index (κ1) is 29.1. The molecule has 40 heavy (non-hydrogen) atoms. The van der Waals surface area contributed by atoms with Crippen LogP contribution in [0.1, 0.15) is 29.8 Å². The van der Waals surface area contributed by atoms with Crippen molar-refractivity contribution in [3.8, 4) is 34.0 Å². The lowest BCUT2D eigenvalue weighted by molar-refractivity contribution is 0.146. The van der Waals surface area contributed by atoms with E-state index in [1.54, 1.807) is 13.0 Å². The largest absolute Gasteiger partial charge is 0.489 e. The quantitative estimate of drug-likeness (QED) is 0.256. The first-order valence-electron chi connectivity index (χ1n) is 12.7. The van der Waals surface area contributed by atoms with Crippen LogP contribution in [0.4, 0.5) is 19.1 Å². The molecule has 1 fully saturated rings.